The van der Waals surface area contributed by atoms with E-state index in [1.165, 1.54) is 24.0 Å². The molecule has 2 heteroatoms. The van der Waals surface area contributed by atoms with Crippen LogP contribution in [-0.4, -0.2) is 12.6 Å². The van der Waals surface area contributed by atoms with E-state index >= 15 is 0 Å². The molecule has 1 aromatic rings. The van der Waals surface area contributed by atoms with Gasteiger partial charge in [0.15, 0.2) is 0 Å². The smallest absolute Gasteiger partial charge is 0.122 e. The van der Waals surface area contributed by atoms with E-state index in [0.717, 1.165) is 25.1 Å². The maximum Gasteiger partial charge on any atom is 0.122 e. The predicted molar refractivity (Wildman–Crippen MR) is 71.3 cm³/mol. The predicted octanol–water partition coefficient (Wildman–Crippen LogP) is 3.20. The minimum absolute atomic E-state index is 0.387. The molecule has 0 heterocycles. The maximum absolute atomic E-state index is 6.12. The molecule has 0 aliphatic heterocycles. The highest BCUT2D eigenvalue weighted by molar-refractivity contribution is 5.38. The summed E-state index contributed by atoms with van der Waals surface area (Å²) in [6.07, 6.45) is 5.11. The largest absolute Gasteiger partial charge is 0.490 e. The van der Waals surface area contributed by atoms with Crippen LogP contribution in [0.5, 0.6) is 5.75 Å². The molecule has 2 N–H and O–H groups in total. The van der Waals surface area contributed by atoms with E-state index in [2.05, 4.69) is 32.0 Å². The highest BCUT2D eigenvalue weighted by Crippen LogP contribution is 2.29. The van der Waals surface area contributed by atoms with Gasteiger partial charge in [-0.15, -0.1) is 0 Å². The fourth-order valence-corrected chi connectivity index (χ4v) is 2.52. The lowest BCUT2D eigenvalue weighted by Gasteiger charge is -2.28. The number of aryl methyl sites for hydroxylation is 1. The first-order chi connectivity index (χ1) is 8.20. The van der Waals surface area contributed by atoms with Crippen molar-refractivity contribution in [3.05, 3.63) is 29.3 Å². The third kappa shape index (κ3) is 3.01. The van der Waals surface area contributed by atoms with Gasteiger partial charge in [0, 0.05) is 0 Å². The van der Waals surface area contributed by atoms with Gasteiger partial charge in [-0.1, -0.05) is 12.1 Å². The van der Waals surface area contributed by atoms with Gasteiger partial charge in [-0.05, 0) is 69.2 Å². The zero-order chi connectivity index (χ0) is 12.3. The number of rotatable bonds is 3. The average molecular weight is 233 g/mol. The van der Waals surface area contributed by atoms with E-state index in [0.29, 0.717) is 12.0 Å². The van der Waals surface area contributed by atoms with Gasteiger partial charge in [0.2, 0.25) is 0 Å². The van der Waals surface area contributed by atoms with Crippen LogP contribution in [0.25, 0.3) is 0 Å². The lowest BCUT2D eigenvalue weighted by Crippen LogP contribution is -2.27. The van der Waals surface area contributed by atoms with Crippen molar-refractivity contribution in [2.24, 2.45) is 11.7 Å². The van der Waals surface area contributed by atoms with Crippen LogP contribution in [0.3, 0.4) is 0 Å². The second kappa shape index (κ2) is 5.54. The molecule has 0 unspecified atom stereocenters. The standard InChI is InChI=1S/C15H23NO/c1-11-4-3-5-15(12(11)2)17-14-8-6-13(10-16)7-9-14/h3-5,13-14H,6-10,16H2,1-2H3. The van der Waals surface area contributed by atoms with Crippen molar-refractivity contribution in [1.29, 1.82) is 0 Å². The normalized spacial score (nSPS) is 24.6. The molecule has 0 bridgehead atoms. The molecule has 0 saturated heterocycles. The molecule has 0 amide bonds. The van der Waals surface area contributed by atoms with Gasteiger partial charge in [0.25, 0.3) is 0 Å². The van der Waals surface area contributed by atoms with Gasteiger partial charge in [-0.2, -0.15) is 0 Å². The average Bonchev–Trinajstić information content (AvgIpc) is 2.36. The van der Waals surface area contributed by atoms with Crippen molar-refractivity contribution in [2.45, 2.75) is 45.6 Å². The van der Waals surface area contributed by atoms with Crippen molar-refractivity contribution in [2.75, 3.05) is 6.54 Å². The summed E-state index contributed by atoms with van der Waals surface area (Å²) in [6, 6.07) is 6.29. The molecule has 0 radical (unpaired) electrons. The molecular formula is C15H23NO. The molecule has 0 atom stereocenters. The second-order valence-corrected chi connectivity index (χ2v) is 5.19. The number of benzene rings is 1. The summed E-state index contributed by atoms with van der Waals surface area (Å²) in [5.41, 5.74) is 8.28. The van der Waals surface area contributed by atoms with E-state index in [9.17, 15) is 0 Å². The summed E-state index contributed by atoms with van der Waals surface area (Å²) in [5.74, 6) is 1.77. The van der Waals surface area contributed by atoms with Crippen molar-refractivity contribution in [3.8, 4) is 5.75 Å². The highest BCUT2D eigenvalue weighted by Gasteiger charge is 2.21. The third-order valence-electron chi connectivity index (χ3n) is 3.98. The highest BCUT2D eigenvalue weighted by atomic mass is 16.5. The number of ether oxygens (including phenoxy) is 1. The lowest BCUT2D eigenvalue weighted by atomic mass is 9.87. The minimum Gasteiger partial charge on any atom is -0.490 e. The first-order valence-electron chi connectivity index (χ1n) is 6.63. The SMILES string of the molecule is Cc1cccc(OC2CCC(CN)CC2)c1C. The summed E-state index contributed by atoms with van der Waals surface area (Å²) < 4.78 is 6.12. The van der Waals surface area contributed by atoms with Crippen LogP contribution in [-0.2, 0) is 0 Å². The number of hydrogen-bond donors (Lipinski definition) is 1. The molecule has 1 aromatic carbocycles. The fraction of sp³-hybridized carbons (Fsp3) is 0.600. The molecule has 94 valence electrons. The summed E-state index contributed by atoms with van der Waals surface area (Å²) in [4.78, 5) is 0. The molecular weight excluding hydrogens is 210 g/mol. The molecule has 1 aliphatic carbocycles. The van der Waals surface area contributed by atoms with Crippen LogP contribution in [0.4, 0.5) is 0 Å². The number of hydrogen-bond acceptors (Lipinski definition) is 2. The molecule has 1 fully saturated rings. The van der Waals surface area contributed by atoms with Gasteiger partial charge in [0.05, 0.1) is 6.10 Å². The van der Waals surface area contributed by atoms with Gasteiger partial charge in [-0.25, -0.2) is 0 Å². The molecule has 2 nitrogen and oxygen atoms in total. The van der Waals surface area contributed by atoms with Gasteiger partial charge >= 0.3 is 0 Å². The van der Waals surface area contributed by atoms with Gasteiger partial charge < -0.3 is 10.5 Å². The minimum atomic E-state index is 0.387. The maximum atomic E-state index is 6.12. The van der Waals surface area contributed by atoms with E-state index < -0.39 is 0 Å². The Morgan fingerprint density at radius 3 is 2.53 bits per heavy atom. The van der Waals surface area contributed by atoms with Crippen LogP contribution in [0, 0.1) is 19.8 Å². The first kappa shape index (κ1) is 12.4. The van der Waals surface area contributed by atoms with Crippen LogP contribution >= 0.6 is 0 Å². The fourth-order valence-electron chi connectivity index (χ4n) is 2.52. The molecule has 1 saturated carbocycles. The van der Waals surface area contributed by atoms with Crippen molar-refractivity contribution < 1.29 is 4.74 Å². The zero-order valence-electron chi connectivity index (χ0n) is 10.9. The lowest BCUT2D eigenvalue weighted by molar-refractivity contribution is 0.132. The van der Waals surface area contributed by atoms with Gasteiger partial charge in [-0.3, -0.25) is 0 Å². The Balaban J connectivity index is 1.95. The monoisotopic (exact) mass is 233 g/mol. The van der Waals surface area contributed by atoms with E-state index in [1.807, 2.05) is 0 Å². The van der Waals surface area contributed by atoms with Crippen molar-refractivity contribution in [1.82, 2.24) is 0 Å². The summed E-state index contributed by atoms with van der Waals surface area (Å²) in [6.45, 7) is 5.10. The Morgan fingerprint density at radius 1 is 1.18 bits per heavy atom. The Hall–Kier alpha value is -1.02. The second-order valence-electron chi connectivity index (χ2n) is 5.19. The Labute approximate surface area is 104 Å². The van der Waals surface area contributed by atoms with Crippen LogP contribution in [0.2, 0.25) is 0 Å². The molecule has 1 aliphatic rings. The molecule has 2 rings (SSSR count). The molecule has 17 heavy (non-hydrogen) atoms. The summed E-state index contributed by atoms with van der Waals surface area (Å²) in [5, 5.41) is 0. The third-order valence-corrected chi connectivity index (χ3v) is 3.98. The van der Waals surface area contributed by atoms with Crippen molar-refractivity contribution >= 4 is 0 Å². The Bertz CT molecular complexity index is 367. The first-order valence-corrected chi connectivity index (χ1v) is 6.63. The van der Waals surface area contributed by atoms with E-state index in [4.69, 9.17) is 10.5 Å². The van der Waals surface area contributed by atoms with Crippen molar-refractivity contribution in [3.63, 3.8) is 0 Å². The van der Waals surface area contributed by atoms with Gasteiger partial charge in [0.1, 0.15) is 5.75 Å². The van der Waals surface area contributed by atoms with Crippen LogP contribution in [0.15, 0.2) is 18.2 Å². The van der Waals surface area contributed by atoms with Crippen LogP contribution in [0.1, 0.15) is 36.8 Å². The van der Waals surface area contributed by atoms with Crippen LogP contribution < -0.4 is 10.5 Å². The number of nitrogens with two attached hydrogens (primary N) is 1. The summed E-state index contributed by atoms with van der Waals surface area (Å²) in [7, 11) is 0. The molecule has 0 spiro atoms. The topological polar surface area (TPSA) is 35.2 Å². The zero-order valence-corrected chi connectivity index (χ0v) is 10.9. The summed E-state index contributed by atoms with van der Waals surface area (Å²) >= 11 is 0. The quantitative estimate of drug-likeness (QED) is 0.870. The Morgan fingerprint density at radius 2 is 1.88 bits per heavy atom. The Kier molecular flexibility index (Phi) is 4.06. The van der Waals surface area contributed by atoms with E-state index in [-0.39, 0.29) is 0 Å². The molecule has 0 aromatic heterocycles. The van der Waals surface area contributed by atoms with E-state index in [1.54, 1.807) is 0 Å².